The molecule has 7 heteroatoms. The summed E-state index contributed by atoms with van der Waals surface area (Å²) in [5.74, 6) is -0.0970. The summed E-state index contributed by atoms with van der Waals surface area (Å²) in [5, 5.41) is 7.22. The zero-order valence-electron chi connectivity index (χ0n) is 13.9. The van der Waals surface area contributed by atoms with Crippen LogP contribution >= 0.6 is 0 Å². The highest BCUT2D eigenvalue weighted by Crippen LogP contribution is 2.19. The maximum absolute atomic E-state index is 12.4. The highest BCUT2D eigenvalue weighted by atomic mass is 16.2. The first-order valence-electron chi connectivity index (χ1n) is 8.38. The molecule has 3 rings (SSSR count). The molecule has 1 atom stereocenters. The first-order valence-corrected chi connectivity index (χ1v) is 8.38. The van der Waals surface area contributed by atoms with E-state index >= 15 is 0 Å². The van der Waals surface area contributed by atoms with Gasteiger partial charge in [0.2, 0.25) is 5.91 Å². The van der Waals surface area contributed by atoms with Gasteiger partial charge >= 0.3 is 6.03 Å². The molecule has 2 aliphatic heterocycles. The van der Waals surface area contributed by atoms with Crippen molar-refractivity contribution in [2.45, 2.75) is 45.7 Å². The Morgan fingerprint density at radius 3 is 2.83 bits per heavy atom. The maximum atomic E-state index is 12.4. The van der Waals surface area contributed by atoms with E-state index in [2.05, 4.69) is 28.3 Å². The smallest absolute Gasteiger partial charge is 0.324 e. The Morgan fingerprint density at radius 2 is 2.17 bits per heavy atom. The van der Waals surface area contributed by atoms with Gasteiger partial charge in [-0.3, -0.25) is 19.3 Å². The number of hydrogen-bond donors (Lipinski definition) is 1. The van der Waals surface area contributed by atoms with Crippen LogP contribution in [-0.4, -0.2) is 63.7 Å². The highest BCUT2D eigenvalue weighted by Gasteiger charge is 2.31. The molecule has 0 saturated carbocycles. The number of urea groups is 1. The van der Waals surface area contributed by atoms with E-state index in [1.165, 1.54) is 11.3 Å². The summed E-state index contributed by atoms with van der Waals surface area (Å²) in [4.78, 5) is 27.6. The van der Waals surface area contributed by atoms with Gasteiger partial charge in [-0.25, -0.2) is 4.79 Å². The third-order valence-electron chi connectivity index (χ3n) is 4.73. The number of aryl methyl sites for hydroxylation is 2. The highest BCUT2D eigenvalue weighted by molar-refractivity contribution is 5.96. The Hall–Kier alpha value is -1.89. The van der Waals surface area contributed by atoms with Crippen LogP contribution in [0, 0.1) is 13.8 Å². The fourth-order valence-electron chi connectivity index (χ4n) is 3.50. The van der Waals surface area contributed by atoms with Gasteiger partial charge in [0.25, 0.3) is 0 Å². The number of hydrogen-bond acceptors (Lipinski definition) is 4. The zero-order chi connectivity index (χ0) is 16.4. The molecule has 0 aromatic carbocycles. The maximum Gasteiger partial charge on any atom is 0.324 e. The molecule has 1 N–H and O–H groups in total. The van der Waals surface area contributed by atoms with Crippen LogP contribution in [0.1, 0.15) is 30.7 Å². The molecule has 0 radical (unpaired) electrons. The molecule has 2 saturated heterocycles. The Kier molecular flexibility index (Phi) is 4.66. The number of likely N-dealkylation sites (tertiary alicyclic amines) is 1. The number of carbonyl (C=O) groups is 2. The standard InChI is InChI=1S/C16H25N5O2/c1-12-9-13(2)21(18-12)10-14-5-3-4-7-19(14)11-15(22)20-8-6-17-16(20)23/h9,14H,3-8,10-11H2,1-2H3,(H,17,23)/t14-/m0/s1. The molecule has 3 amide bonds. The normalized spacial score (nSPS) is 22.4. The summed E-state index contributed by atoms with van der Waals surface area (Å²) in [6.07, 6.45) is 3.35. The lowest BCUT2D eigenvalue weighted by Gasteiger charge is -2.35. The Morgan fingerprint density at radius 1 is 1.35 bits per heavy atom. The minimum absolute atomic E-state index is 0.0970. The first kappa shape index (κ1) is 16.0. The molecule has 3 heterocycles. The number of rotatable bonds is 4. The SMILES string of the molecule is Cc1cc(C)n(C[C@@H]2CCCCN2CC(=O)N2CCNC2=O)n1. The van der Waals surface area contributed by atoms with Crippen LogP contribution in [0.4, 0.5) is 4.79 Å². The summed E-state index contributed by atoms with van der Waals surface area (Å²) < 4.78 is 2.03. The second-order valence-corrected chi connectivity index (χ2v) is 6.51. The van der Waals surface area contributed by atoms with E-state index in [-0.39, 0.29) is 11.9 Å². The van der Waals surface area contributed by atoms with Gasteiger partial charge in [-0.15, -0.1) is 0 Å². The predicted octanol–water partition coefficient (Wildman–Crippen LogP) is 0.906. The second-order valence-electron chi connectivity index (χ2n) is 6.51. The van der Waals surface area contributed by atoms with Crippen molar-refractivity contribution in [1.29, 1.82) is 0 Å². The van der Waals surface area contributed by atoms with E-state index in [0.29, 0.717) is 25.7 Å². The van der Waals surface area contributed by atoms with E-state index in [4.69, 9.17) is 0 Å². The van der Waals surface area contributed by atoms with Crippen LogP contribution < -0.4 is 5.32 Å². The van der Waals surface area contributed by atoms with Crippen molar-refractivity contribution in [3.05, 3.63) is 17.5 Å². The number of carbonyl (C=O) groups excluding carboxylic acids is 2. The monoisotopic (exact) mass is 319 g/mol. The van der Waals surface area contributed by atoms with Crippen LogP contribution in [-0.2, 0) is 11.3 Å². The Bertz CT molecular complexity index is 597. The van der Waals surface area contributed by atoms with Gasteiger partial charge in [0.05, 0.1) is 18.8 Å². The lowest BCUT2D eigenvalue weighted by Crippen LogP contribution is -2.49. The van der Waals surface area contributed by atoms with E-state index < -0.39 is 0 Å². The van der Waals surface area contributed by atoms with Crippen molar-refractivity contribution in [1.82, 2.24) is 24.9 Å². The summed E-state index contributed by atoms with van der Waals surface area (Å²) >= 11 is 0. The van der Waals surface area contributed by atoms with Crippen molar-refractivity contribution < 1.29 is 9.59 Å². The van der Waals surface area contributed by atoms with Gasteiger partial charge in [0.15, 0.2) is 0 Å². The molecule has 126 valence electrons. The van der Waals surface area contributed by atoms with Crippen molar-refractivity contribution in [3.63, 3.8) is 0 Å². The molecule has 2 aliphatic rings. The van der Waals surface area contributed by atoms with Gasteiger partial charge in [-0.05, 0) is 39.3 Å². The number of nitrogens with zero attached hydrogens (tertiary/aromatic N) is 4. The van der Waals surface area contributed by atoms with E-state index in [0.717, 1.165) is 37.3 Å². The van der Waals surface area contributed by atoms with Gasteiger partial charge in [-0.1, -0.05) is 6.42 Å². The van der Waals surface area contributed by atoms with E-state index in [9.17, 15) is 9.59 Å². The molecular weight excluding hydrogens is 294 g/mol. The van der Waals surface area contributed by atoms with E-state index in [1.54, 1.807) is 0 Å². The largest absolute Gasteiger partial charge is 0.336 e. The third-order valence-corrected chi connectivity index (χ3v) is 4.73. The van der Waals surface area contributed by atoms with Crippen molar-refractivity contribution in [2.75, 3.05) is 26.2 Å². The predicted molar refractivity (Wildman–Crippen MR) is 86.0 cm³/mol. The Balaban J connectivity index is 1.65. The summed E-state index contributed by atoms with van der Waals surface area (Å²) in [7, 11) is 0. The average Bonchev–Trinajstić information content (AvgIpc) is 3.07. The molecule has 2 fully saturated rings. The summed E-state index contributed by atoms with van der Waals surface area (Å²) in [5.41, 5.74) is 2.17. The molecule has 23 heavy (non-hydrogen) atoms. The van der Waals surface area contributed by atoms with Gasteiger partial charge in [0, 0.05) is 24.8 Å². The van der Waals surface area contributed by atoms with Crippen molar-refractivity contribution in [3.8, 4) is 0 Å². The minimum atomic E-state index is -0.262. The first-order chi connectivity index (χ1) is 11.0. The van der Waals surface area contributed by atoms with Crippen molar-refractivity contribution >= 4 is 11.9 Å². The number of aromatic nitrogens is 2. The van der Waals surface area contributed by atoms with Crippen molar-refractivity contribution in [2.24, 2.45) is 0 Å². The summed E-state index contributed by atoms with van der Waals surface area (Å²) in [6, 6.07) is 2.12. The lowest BCUT2D eigenvalue weighted by molar-refractivity contribution is -0.129. The molecule has 0 bridgehead atoms. The zero-order valence-corrected chi connectivity index (χ0v) is 13.9. The number of amides is 3. The fraction of sp³-hybridized carbons (Fsp3) is 0.688. The molecule has 1 aromatic heterocycles. The number of piperidine rings is 1. The van der Waals surface area contributed by atoms with Crippen LogP contribution in [0.25, 0.3) is 0 Å². The topological polar surface area (TPSA) is 70.5 Å². The fourth-order valence-corrected chi connectivity index (χ4v) is 3.50. The van der Waals surface area contributed by atoms with Crippen LogP contribution in [0.3, 0.4) is 0 Å². The molecule has 7 nitrogen and oxygen atoms in total. The number of nitrogens with one attached hydrogen (secondary N) is 1. The molecular formula is C16H25N5O2. The third kappa shape index (κ3) is 3.55. The van der Waals surface area contributed by atoms with Crippen LogP contribution in [0.5, 0.6) is 0 Å². The van der Waals surface area contributed by atoms with Gasteiger partial charge < -0.3 is 5.32 Å². The van der Waals surface area contributed by atoms with E-state index in [1.807, 2.05) is 11.6 Å². The van der Waals surface area contributed by atoms with Crippen LogP contribution in [0.2, 0.25) is 0 Å². The van der Waals surface area contributed by atoms with Gasteiger partial charge in [0.1, 0.15) is 0 Å². The van der Waals surface area contributed by atoms with Gasteiger partial charge in [-0.2, -0.15) is 5.10 Å². The summed E-state index contributed by atoms with van der Waals surface area (Å²) in [6.45, 7) is 7.12. The lowest BCUT2D eigenvalue weighted by atomic mass is 10.0. The average molecular weight is 319 g/mol. The molecule has 0 spiro atoms. The minimum Gasteiger partial charge on any atom is -0.336 e. The molecule has 0 aliphatic carbocycles. The Labute approximate surface area is 136 Å². The molecule has 0 unspecified atom stereocenters. The van der Waals surface area contributed by atoms with Crippen LogP contribution in [0.15, 0.2) is 6.07 Å². The molecule has 1 aromatic rings. The number of imide groups is 1. The quantitative estimate of drug-likeness (QED) is 0.895. The second kappa shape index (κ2) is 6.70.